The highest BCUT2D eigenvalue weighted by molar-refractivity contribution is 7.73. The highest BCUT2D eigenvalue weighted by atomic mass is 31.1. The third kappa shape index (κ3) is 3.62. The van der Waals surface area contributed by atoms with Crippen molar-refractivity contribution in [1.82, 2.24) is 4.98 Å². The van der Waals surface area contributed by atoms with E-state index in [0.717, 1.165) is 12.6 Å². The van der Waals surface area contributed by atoms with Gasteiger partial charge in [0.15, 0.2) is 0 Å². The van der Waals surface area contributed by atoms with Gasteiger partial charge in [0, 0.05) is 17.3 Å². The van der Waals surface area contributed by atoms with Crippen LogP contribution in [0.2, 0.25) is 0 Å². The van der Waals surface area contributed by atoms with Crippen LogP contribution in [0.25, 0.3) is 10.8 Å². The Morgan fingerprint density at radius 3 is 1.92 bits per heavy atom. The Morgan fingerprint density at radius 1 is 0.640 bits per heavy atom. The number of pyridine rings is 1. The molecule has 0 saturated heterocycles. The maximum Gasteiger partial charge on any atom is 0.0485 e. The van der Waals surface area contributed by atoms with Crippen LogP contribution < -0.4 is 10.6 Å². The summed E-state index contributed by atoms with van der Waals surface area (Å²) in [6.45, 7) is 0. The van der Waals surface area contributed by atoms with Crippen LogP contribution in [0.15, 0.2) is 97.2 Å². The fraction of sp³-hybridized carbons (Fsp3) is 0.0870. The van der Waals surface area contributed by atoms with E-state index in [1.54, 1.807) is 0 Å². The van der Waals surface area contributed by atoms with Crippen molar-refractivity contribution in [3.05, 3.63) is 103 Å². The molecule has 0 bridgehead atoms. The molecule has 3 aromatic carbocycles. The van der Waals surface area contributed by atoms with Crippen LogP contribution in [-0.4, -0.2) is 11.1 Å². The van der Waals surface area contributed by atoms with Gasteiger partial charge in [-0.05, 0) is 42.6 Å². The standard InChI is InChI=1S/C23H20NP/c1-3-10-20(11-4-1)25(21-12-5-2-6-13-21)18-16-23-22-14-8-7-9-19(22)15-17-24-23/h1-15,17H,16,18H2. The zero-order valence-electron chi connectivity index (χ0n) is 14.0. The number of hydrogen-bond acceptors (Lipinski definition) is 1. The first kappa shape index (κ1) is 16.0. The van der Waals surface area contributed by atoms with Crippen molar-refractivity contribution in [3.8, 4) is 0 Å². The van der Waals surface area contributed by atoms with E-state index in [4.69, 9.17) is 0 Å². The Kier molecular flexibility index (Phi) is 4.86. The smallest absolute Gasteiger partial charge is 0.0485 e. The molecule has 1 heterocycles. The van der Waals surface area contributed by atoms with Gasteiger partial charge in [0.1, 0.15) is 0 Å². The molecule has 0 saturated carbocycles. The van der Waals surface area contributed by atoms with Crippen molar-refractivity contribution >= 4 is 29.3 Å². The first-order valence-corrected chi connectivity index (χ1v) is 10.1. The first-order chi connectivity index (χ1) is 12.4. The van der Waals surface area contributed by atoms with E-state index in [9.17, 15) is 0 Å². The summed E-state index contributed by atoms with van der Waals surface area (Å²) in [5.74, 6) is 0. The van der Waals surface area contributed by atoms with Gasteiger partial charge in [-0.2, -0.15) is 0 Å². The fourth-order valence-corrected chi connectivity index (χ4v) is 5.54. The number of rotatable bonds is 5. The lowest BCUT2D eigenvalue weighted by Gasteiger charge is -2.19. The molecule has 0 aliphatic heterocycles. The molecule has 0 aliphatic carbocycles. The molecule has 0 atom stereocenters. The van der Waals surface area contributed by atoms with E-state index in [2.05, 4.69) is 96.0 Å². The summed E-state index contributed by atoms with van der Waals surface area (Å²) in [7, 11) is -0.370. The number of aryl methyl sites for hydroxylation is 1. The van der Waals surface area contributed by atoms with Crippen LogP contribution in [0.4, 0.5) is 0 Å². The maximum absolute atomic E-state index is 4.68. The van der Waals surface area contributed by atoms with Crippen molar-refractivity contribution in [2.45, 2.75) is 6.42 Å². The number of fused-ring (bicyclic) bond motifs is 1. The summed E-state index contributed by atoms with van der Waals surface area (Å²) in [6, 6.07) is 32.4. The Morgan fingerprint density at radius 2 is 1.24 bits per heavy atom. The van der Waals surface area contributed by atoms with Crippen molar-refractivity contribution in [3.63, 3.8) is 0 Å². The van der Waals surface area contributed by atoms with Crippen LogP contribution in [0.1, 0.15) is 5.69 Å². The topological polar surface area (TPSA) is 12.9 Å². The Balaban J connectivity index is 1.65. The minimum atomic E-state index is -0.370. The van der Waals surface area contributed by atoms with Gasteiger partial charge in [0.2, 0.25) is 0 Å². The van der Waals surface area contributed by atoms with Gasteiger partial charge in [0.25, 0.3) is 0 Å². The number of aromatic nitrogens is 1. The third-order valence-electron chi connectivity index (χ3n) is 4.46. The van der Waals surface area contributed by atoms with E-state index >= 15 is 0 Å². The van der Waals surface area contributed by atoms with Gasteiger partial charge < -0.3 is 0 Å². The predicted molar refractivity (Wildman–Crippen MR) is 109 cm³/mol. The lowest BCUT2D eigenvalue weighted by Crippen LogP contribution is -2.15. The molecular weight excluding hydrogens is 321 g/mol. The summed E-state index contributed by atoms with van der Waals surface area (Å²) in [6.07, 6.45) is 4.05. The predicted octanol–water partition coefficient (Wildman–Crippen LogP) is 4.91. The van der Waals surface area contributed by atoms with E-state index < -0.39 is 0 Å². The molecule has 0 spiro atoms. The molecular formula is C23H20NP. The Hall–Kier alpha value is -2.50. The average molecular weight is 341 g/mol. The van der Waals surface area contributed by atoms with E-state index in [1.807, 2.05) is 6.20 Å². The fourth-order valence-electron chi connectivity index (χ4n) is 3.22. The Bertz CT molecular complexity index is 906. The van der Waals surface area contributed by atoms with Crippen LogP contribution >= 0.6 is 7.92 Å². The van der Waals surface area contributed by atoms with Gasteiger partial charge in [-0.15, -0.1) is 0 Å². The molecule has 0 fully saturated rings. The van der Waals surface area contributed by atoms with Gasteiger partial charge in [-0.1, -0.05) is 84.9 Å². The largest absolute Gasteiger partial charge is 0.261 e. The molecule has 4 rings (SSSR count). The van der Waals surface area contributed by atoms with Crippen molar-refractivity contribution < 1.29 is 0 Å². The van der Waals surface area contributed by atoms with Gasteiger partial charge >= 0.3 is 0 Å². The molecule has 1 nitrogen and oxygen atoms in total. The second kappa shape index (κ2) is 7.59. The zero-order valence-corrected chi connectivity index (χ0v) is 14.9. The SMILES string of the molecule is c1ccc(P(CCc2nccc3ccccc23)c2ccccc2)cc1. The van der Waals surface area contributed by atoms with Crippen molar-refractivity contribution in [2.75, 3.05) is 6.16 Å². The highest BCUT2D eigenvalue weighted by Gasteiger charge is 2.14. The minimum Gasteiger partial charge on any atom is -0.261 e. The maximum atomic E-state index is 4.68. The molecule has 0 aliphatic rings. The summed E-state index contributed by atoms with van der Waals surface area (Å²) in [4.78, 5) is 4.68. The first-order valence-electron chi connectivity index (χ1n) is 8.62. The highest BCUT2D eigenvalue weighted by Crippen LogP contribution is 2.34. The Labute approximate surface area is 150 Å². The molecule has 4 aromatic rings. The lowest BCUT2D eigenvalue weighted by molar-refractivity contribution is 1.07. The van der Waals surface area contributed by atoms with Crippen molar-refractivity contribution in [2.24, 2.45) is 0 Å². The van der Waals surface area contributed by atoms with Crippen LogP contribution in [0, 0.1) is 0 Å². The summed E-state index contributed by atoms with van der Waals surface area (Å²) >= 11 is 0. The molecule has 2 heteroatoms. The number of benzene rings is 3. The monoisotopic (exact) mass is 341 g/mol. The summed E-state index contributed by atoms with van der Waals surface area (Å²) in [5.41, 5.74) is 1.21. The molecule has 25 heavy (non-hydrogen) atoms. The van der Waals surface area contributed by atoms with E-state index in [1.165, 1.54) is 27.1 Å². The molecule has 0 unspecified atom stereocenters. The van der Waals surface area contributed by atoms with Crippen LogP contribution in [0.5, 0.6) is 0 Å². The molecule has 1 aromatic heterocycles. The van der Waals surface area contributed by atoms with Gasteiger partial charge in [-0.3, -0.25) is 4.98 Å². The second-order valence-electron chi connectivity index (χ2n) is 6.05. The van der Waals surface area contributed by atoms with E-state index in [-0.39, 0.29) is 7.92 Å². The van der Waals surface area contributed by atoms with Crippen molar-refractivity contribution in [1.29, 1.82) is 0 Å². The average Bonchev–Trinajstić information content (AvgIpc) is 2.70. The number of nitrogens with zero attached hydrogens (tertiary/aromatic N) is 1. The second-order valence-corrected chi connectivity index (χ2v) is 8.39. The molecule has 0 radical (unpaired) electrons. The number of hydrogen-bond donors (Lipinski definition) is 0. The zero-order chi connectivity index (χ0) is 16.9. The molecule has 122 valence electrons. The molecule has 0 N–H and O–H groups in total. The summed E-state index contributed by atoms with van der Waals surface area (Å²) in [5, 5.41) is 5.42. The van der Waals surface area contributed by atoms with Gasteiger partial charge in [0.05, 0.1) is 0 Å². The lowest BCUT2D eigenvalue weighted by atomic mass is 10.1. The third-order valence-corrected chi connectivity index (χ3v) is 6.98. The van der Waals surface area contributed by atoms with E-state index in [0.29, 0.717) is 0 Å². The quantitative estimate of drug-likeness (QED) is 0.470. The molecule has 0 amide bonds. The minimum absolute atomic E-state index is 0.370. The van der Waals surface area contributed by atoms with Crippen LogP contribution in [0.3, 0.4) is 0 Å². The van der Waals surface area contributed by atoms with Gasteiger partial charge in [-0.25, -0.2) is 0 Å². The normalized spacial score (nSPS) is 11.1. The summed E-state index contributed by atoms with van der Waals surface area (Å²) < 4.78 is 0. The van der Waals surface area contributed by atoms with Crippen LogP contribution in [-0.2, 0) is 6.42 Å².